The lowest BCUT2D eigenvalue weighted by Crippen LogP contribution is -2.40. The van der Waals surface area contributed by atoms with Crippen molar-refractivity contribution in [2.45, 2.75) is 52.4 Å². The molecule has 0 unspecified atom stereocenters. The molecule has 0 atom stereocenters. The van der Waals surface area contributed by atoms with E-state index in [2.05, 4.69) is 66.8 Å². The number of fused-ring (bicyclic) bond motifs is 1. The van der Waals surface area contributed by atoms with Crippen LogP contribution in [0.25, 0.3) is 5.65 Å². The van der Waals surface area contributed by atoms with Crippen molar-refractivity contribution in [2.75, 3.05) is 36.5 Å². The lowest BCUT2D eigenvalue weighted by Gasteiger charge is -2.36. The first-order chi connectivity index (χ1) is 15.6. The molecule has 178 valence electrons. The summed E-state index contributed by atoms with van der Waals surface area (Å²) in [6, 6.07) is 10.1. The van der Waals surface area contributed by atoms with Crippen LogP contribution in [0.1, 0.15) is 32.0 Å². The average Bonchev–Trinajstić information content (AvgIpc) is 3.12. The van der Waals surface area contributed by atoms with Gasteiger partial charge in [-0.15, -0.1) is 0 Å². The zero-order chi connectivity index (χ0) is 23.8. The number of anilines is 3. The van der Waals surface area contributed by atoms with Gasteiger partial charge in [0.05, 0.1) is 25.5 Å². The summed E-state index contributed by atoms with van der Waals surface area (Å²) in [5.74, 6) is 0.921. The number of aromatic nitrogens is 2. The van der Waals surface area contributed by atoms with E-state index in [0.29, 0.717) is 6.61 Å². The molecular formula is C25H35ClN4O2Si. The van der Waals surface area contributed by atoms with Gasteiger partial charge in [0.15, 0.2) is 8.32 Å². The van der Waals surface area contributed by atoms with E-state index < -0.39 is 8.32 Å². The van der Waals surface area contributed by atoms with Gasteiger partial charge in [0.25, 0.3) is 0 Å². The summed E-state index contributed by atoms with van der Waals surface area (Å²) in [5.41, 5.74) is 4.93. The second kappa shape index (κ2) is 9.29. The molecule has 1 aliphatic heterocycles. The minimum atomic E-state index is -1.93. The molecule has 1 N–H and O–H groups in total. The molecule has 0 amide bonds. The molecule has 0 spiro atoms. The molecule has 1 aliphatic rings. The van der Waals surface area contributed by atoms with Gasteiger partial charge in [-0.25, -0.2) is 4.98 Å². The highest BCUT2D eigenvalue weighted by Crippen LogP contribution is 2.38. The van der Waals surface area contributed by atoms with E-state index in [4.69, 9.17) is 25.7 Å². The van der Waals surface area contributed by atoms with Crippen LogP contribution in [0.4, 0.5) is 17.2 Å². The van der Waals surface area contributed by atoms with E-state index in [0.717, 1.165) is 65.4 Å². The van der Waals surface area contributed by atoms with Crippen LogP contribution in [0.3, 0.4) is 0 Å². The van der Waals surface area contributed by atoms with E-state index in [1.54, 1.807) is 0 Å². The van der Waals surface area contributed by atoms with Crippen molar-refractivity contribution in [2.24, 2.45) is 0 Å². The van der Waals surface area contributed by atoms with Gasteiger partial charge in [-0.3, -0.25) is 4.40 Å². The van der Waals surface area contributed by atoms with Gasteiger partial charge < -0.3 is 19.4 Å². The number of benzene rings is 1. The van der Waals surface area contributed by atoms with Crippen molar-refractivity contribution < 1.29 is 9.16 Å². The van der Waals surface area contributed by atoms with Crippen LogP contribution in [-0.2, 0) is 15.8 Å². The van der Waals surface area contributed by atoms with Gasteiger partial charge in [-0.05, 0) is 54.9 Å². The van der Waals surface area contributed by atoms with Crippen LogP contribution in [0, 0.1) is 6.92 Å². The minimum Gasteiger partial charge on any atom is -0.411 e. The monoisotopic (exact) mass is 486 g/mol. The van der Waals surface area contributed by atoms with Crippen molar-refractivity contribution in [3.05, 3.63) is 52.8 Å². The molecule has 1 aromatic carbocycles. The Bertz CT molecular complexity index is 1130. The summed E-state index contributed by atoms with van der Waals surface area (Å²) in [6.07, 6.45) is 2.16. The third-order valence-electron chi connectivity index (χ3n) is 6.95. The predicted molar refractivity (Wildman–Crippen MR) is 140 cm³/mol. The number of nitrogens with zero attached hydrogens (tertiary/aromatic N) is 3. The Hall–Kier alpha value is -2.06. The van der Waals surface area contributed by atoms with Crippen LogP contribution in [0.5, 0.6) is 0 Å². The van der Waals surface area contributed by atoms with Crippen molar-refractivity contribution in [1.29, 1.82) is 0 Å². The number of halogens is 1. The number of pyridine rings is 1. The van der Waals surface area contributed by atoms with Crippen LogP contribution in [0.15, 0.2) is 36.5 Å². The standard InChI is InChI=1S/C25H35ClN4O2Si/c1-18-20(26)8-7-9-21(18)28-24-22(17-32-33(5,6)25(2,3)4)27-23-11-10-19(16-30(23)24)29-12-14-31-15-13-29/h7-11,16,28H,12-15,17H2,1-6H3. The molecule has 2 aromatic heterocycles. The van der Waals surface area contributed by atoms with Gasteiger partial charge in [0.1, 0.15) is 17.2 Å². The summed E-state index contributed by atoms with van der Waals surface area (Å²) >= 11 is 6.41. The van der Waals surface area contributed by atoms with Gasteiger partial charge >= 0.3 is 0 Å². The maximum absolute atomic E-state index is 6.56. The van der Waals surface area contributed by atoms with E-state index in [-0.39, 0.29) is 5.04 Å². The number of ether oxygens (including phenoxy) is 1. The highest BCUT2D eigenvalue weighted by molar-refractivity contribution is 6.74. The second-order valence-electron chi connectivity index (χ2n) is 10.2. The summed E-state index contributed by atoms with van der Waals surface area (Å²) in [5, 5.41) is 4.49. The summed E-state index contributed by atoms with van der Waals surface area (Å²) in [4.78, 5) is 7.30. The Kier molecular flexibility index (Phi) is 6.78. The zero-order valence-corrected chi connectivity index (χ0v) is 22.3. The Labute approximate surface area is 203 Å². The van der Waals surface area contributed by atoms with Gasteiger partial charge in [-0.1, -0.05) is 38.4 Å². The third-order valence-corrected chi connectivity index (χ3v) is 11.8. The molecule has 0 radical (unpaired) electrons. The number of imidazole rings is 1. The lowest BCUT2D eigenvalue weighted by atomic mass is 10.2. The first kappa shape index (κ1) is 24.1. The summed E-state index contributed by atoms with van der Waals surface area (Å²) < 4.78 is 14.2. The Morgan fingerprint density at radius 1 is 1.15 bits per heavy atom. The highest BCUT2D eigenvalue weighted by Gasteiger charge is 2.37. The maximum atomic E-state index is 6.56. The van der Waals surface area contributed by atoms with E-state index in [1.807, 2.05) is 25.1 Å². The topological polar surface area (TPSA) is 51.0 Å². The zero-order valence-electron chi connectivity index (χ0n) is 20.5. The van der Waals surface area contributed by atoms with Crippen molar-refractivity contribution in [1.82, 2.24) is 9.38 Å². The fourth-order valence-electron chi connectivity index (χ4n) is 3.66. The number of rotatable bonds is 6. The lowest BCUT2D eigenvalue weighted by molar-refractivity contribution is 0.122. The fourth-order valence-corrected chi connectivity index (χ4v) is 4.76. The van der Waals surface area contributed by atoms with Gasteiger partial charge in [0, 0.05) is 30.0 Å². The van der Waals surface area contributed by atoms with E-state index in [1.165, 1.54) is 0 Å². The predicted octanol–water partition coefficient (Wildman–Crippen LogP) is 6.40. The molecule has 0 bridgehead atoms. The summed E-state index contributed by atoms with van der Waals surface area (Å²) in [6.45, 7) is 17.1. The molecule has 3 heterocycles. The Balaban J connectivity index is 1.75. The fraction of sp³-hybridized carbons (Fsp3) is 0.480. The largest absolute Gasteiger partial charge is 0.411 e. The quantitative estimate of drug-likeness (QED) is 0.408. The molecule has 1 saturated heterocycles. The third kappa shape index (κ3) is 5.06. The molecule has 6 nitrogen and oxygen atoms in total. The number of nitrogens with one attached hydrogen (secondary N) is 1. The van der Waals surface area contributed by atoms with E-state index >= 15 is 0 Å². The van der Waals surface area contributed by atoms with Gasteiger partial charge in [0.2, 0.25) is 0 Å². The number of hydrogen-bond acceptors (Lipinski definition) is 5. The molecule has 0 saturated carbocycles. The Morgan fingerprint density at radius 3 is 2.58 bits per heavy atom. The van der Waals surface area contributed by atoms with Crippen molar-refractivity contribution >= 4 is 42.8 Å². The number of hydrogen-bond donors (Lipinski definition) is 1. The van der Waals surface area contributed by atoms with Crippen molar-refractivity contribution in [3.63, 3.8) is 0 Å². The maximum Gasteiger partial charge on any atom is 0.192 e. The van der Waals surface area contributed by atoms with E-state index in [9.17, 15) is 0 Å². The van der Waals surface area contributed by atoms with Crippen LogP contribution >= 0.6 is 11.6 Å². The van der Waals surface area contributed by atoms with Crippen LogP contribution < -0.4 is 10.2 Å². The molecule has 3 aromatic rings. The first-order valence-electron chi connectivity index (χ1n) is 11.6. The molecule has 4 rings (SSSR count). The average molecular weight is 487 g/mol. The highest BCUT2D eigenvalue weighted by atomic mass is 35.5. The molecule has 8 heteroatoms. The minimum absolute atomic E-state index is 0.132. The van der Waals surface area contributed by atoms with Crippen molar-refractivity contribution in [3.8, 4) is 0 Å². The molecule has 1 fully saturated rings. The smallest absolute Gasteiger partial charge is 0.192 e. The molecular weight excluding hydrogens is 452 g/mol. The molecule has 0 aliphatic carbocycles. The summed E-state index contributed by atoms with van der Waals surface area (Å²) in [7, 11) is -1.93. The Morgan fingerprint density at radius 2 is 1.88 bits per heavy atom. The van der Waals surface area contributed by atoms with Crippen LogP contribution in [-0.4, -0.2) is 44.0 Å². The van der Waals surface area contributed by atoms with Gasteiger partial charge in [-0.2, -0.15) is 0 Å². The normalized spacial score (nSPS) is 15.3. The first-order valence-corrected chi connectivity index (χ1v) is 14.9. The number of morpholine rings is 1. The molecule has 33 heavy (non-hydrogen) atoms. The second-order valence-corrected chi connectivity index (χ2v) is 15.4. The SMILES string of the molecule is Cc1c(Cl)cccc1Nc1c(CO[Si](C)(C)C(C)(C)C)nc2ccc(N3CCOCC3)cn12. The van der Waals surface area contributed by atoms with Crippen LogP contribution in [0.2, 0.25) is 23.2 Å².